The fourth-order valence-electron chi connectivity index (χ4n) is 15.4. The van der Waals surface area contributed by atoms with E-state index in [0.29, 0.717) is 42.7 Å². The van der Waals surface area contributed by atoms with Gasteiger partial charge in [-0.3, -0.25) is 0 Å². The van der Waals surface area contributed by atoms with E-state index in [1.54, 1.807) is 12.1 Å². The molecule has 4 saturated carbocycles. The molecule has 0 aromatic heterocycles. The summed E-state index contributed by atoms with van der Waals surface area (Å²) in [6.07, 6.45) is 5.05. The Labute approximate surface area is 368 Å². The van der Waals surface area contributed by atoms with Gasteiger partial charge in [0.15, 0.2) is 15.9 Å². The predicted molar refractivity (Wildman–Crippen MR) is 237 cm³/mol. The summed E-state index contributed by atoms with van der Waals surface area (Å²) >= 11 is 0. The van der Waals surface area contributed by atoms with E-state index in [9.17, 15) is 38.4 Å². The molecule has 14 atom stereocenters. The Balaban J connectivity index is 0.992. The zero-order valence-electron chi connectivity index (χ0n) is 37.8. The molecule has 62 heavy (non-hydrogen) atoms. The number of fused-ring (bicyclic) bond motifs is 7. The summed E-state index contributed by atoms with van der Waals surface area (Å²) in [6.45, 7) is 22.4. The molecule has 2 heterocycles. The van der Waals surface area contributed by atoms with Crippen molar-refractivity contribution in [3.8, 4) is 0 Å². The Morgan fingerprint density at radius 2 is 1.58 bits per heavy atom. The third-order valence-electron chi connectivity index (χ3n) is 18.6. The van der Waals surface area contributed by atoms with Crippen LogP contribution < -0.4 is 5.32 Å². The zero-order chi connectivity index (χ0) is 44.8. The molecule has 4 unspecified atom stereocenters. The second-order valence-electron chi connectivity index (χ2n) is 22.0. The lowest BCUT2D eigenvalue weighted by molar-refractivity contribution is -0.278. The molecule has 0 bridgehead atoms. The minimum atomic E-state index is -2.90. The van der Waals surface area contributed by atoms with E-state index >= 15 is 0 Å². The van der Waals surface area contributed by atoms with E-state index < -0.39 is 52.5 Å². The van der Waals surface area contributed by atoms with Gasteiger partial charge in [0.25, 0.3) is 0 Å². The predicted octanol–water partition coefficient (Wildman–Crippen LogP) is 5.85. The van der Waals surface area contributed by atoms with Crippen LogP contribution in [0, 0.1) is 51.2 Å². The number of aliphatic hydroxyl groups excluding tert-OH is 3. The molecule has 2 saturated heterocycles. The van der Waals surface area contributed by atoms with Crippen LogP contribution in [0.1, 0.15) is 122 Å². The molecular formula is C49H72N2O10S. The molecule has 2 aliphatic heterocycles. The third-order valence-corrected chi connectivity index (χ3v) is 20.2. The highest BCUT2D eigenvalue weighted by Crippen LogP contribution is 2.76. The van der Waals surface area contributed by atoms with Gasteiger partial charge in [-0.1, -0.05) is 58.4 Å². The number of hydrogen-bond donors (Lipinski definition) is 5. The number of carbonyl (C=O) groups excluding carboxylic acids is 1. The summed E-state index contributed by atoms with van der Waals surface area (Å²) in [4.78, 5) is 27.1. The number of nitrogens with zero attached hydrogens (tertiary/aromatic N) is 1. The number of carboxylic acid groups (broad SMARTS) is 1. The van der Waals surface area contributed by atoms with E-state index in [0.717, 1.165) is 37.9 Å². The van der Waals surface area contributed by atoms with Crippen molar-refractivity contribution in [2.75, 3.05) is 37.7 Å². The average molecular weight is 881 g/mol. The minimum Gasteiger partial charge on any atom is -0.479 e. The van der Waals surface area contributed by atoms with Crippen LogP contribution in [-0.2, 0) is 24.1 Å². The first-order chi connectivity index (χ1) is 29.1. The zero-order valence-corrected chi connectivity index (χ0v) is 38.6. The maximum absolute atomic E-state index is 13.2. The van der Waals surface area contributed by atoms with Gasteiger partial charge in [-0.15, -0.1) is 6.58 Å². The van der Waals surface area contributed by atoms with Crippen molar-refractivity contribution in [1.82, 2.24) is 10.2 Å². The number of esters is 1. The van der Waals surface area contributed by atoms with E-state index in [4.69, 9.17) is 9.47 Å². The maximum atomic E-state index is 13.2. The van der Waals surface area contributed by atoms with Crippen molar-refractivity contribution >= 4 is 27.3 Å². The van der Waals surface area contributed by atoms with Crippen molar-refractivity contribution in [3.05, 3.63) is 53.6 Å². The van der Waals surface area contributed by atoms with Crippen LogP contribution >= 0.6 is 0 Å². The molecule has 5 N–H and O–H groups in total. The molecule has 0 amide bonds. The summed E-state index contributed by atoms with van der Waals surface area (Å²) in [5.74, 6) is 1.05. The van der Waals surface area contributed by atoms with Gasteiger partial charge in [0, 0.05) is 31.7 Å². The lowest BCUT2D eigenvalue weighted by Crippen LogP contribution is -2.68. The number of carbonyl (C=O) groups is 2. The van der Waals surface area contributed by atoms with Crippen molar-refractivity contribution in [3.63, 3.8) is 0 Å². The van der Waals surface area contributed by atoms with Crippen LogP contribution in [0.25, 0.3) is 5.57 Å². The molecule has 1 aromatic rings. The number of benzene rings is 1. The Morgan fingerprint density at radius 3 is 2.24 bits per heavy atom. The average Bonchev–Trinajstić information content (AvgIpc) is 3.56. The highest BCUT2D eigenvalue weighted by atomic mass is 32.2. The third kappa shape index (κ3) is 7.55. The number of allylic oxidation sites excluding steroid dienone is 3. The molecule has 1 aromatic carbocycles. The Morgan fingerprint density at radius 1 is 0.887 bits per heavy atom. The summed E-state index contributed by atoms with van der Waals surface area (Å²) in [6, 6.07) is 7.18. The van der Waals surface area contributed by atoms with Gasteiger partial charge in [-0.2, -0.15) is 0 Å². The summed E-state index contributed by atoms with van der Waals surface area (Å²) < 4.78 is 34.7. The van der Waals surface area contributed by atoms with Crippen LogP contribution in [0.3, 0.4) is 0 Å². The van der Waals surface area contributed by atoms with Gasteiger partial charge >= 0.3 is 11.9 Å². The largest absolute Gasteiger partial charge is 0.479 e. The van der Waals surface area contributed by atoms with Crippen LogP contribution in [0.4, 0.5) is 0 Å². The highest BCUT2D eigenvalue weighted by molar-refractivity contribution is 7.91. The second-order valence-corrected chi connectivity index (χ2v) is 24.3. The van der Waals surface area contributed by atoms with Gasteiger partial charge in [-0.25, -0.2) is 18.0 Å². The molecule has 5 aliphatic carbocycles. The minimum absolute atomic E-state index is 0.117. The number of hydrogen-bond acceptors (Lipinski definition) is 11. The molecule has 12 nitrogen and oxygen atoms in total. The molecule has 344 valence electrons. The number of rotatable bonds is 10. The summed E-state index contributed by atoms with van der Waals surface area (Å²) in [5, 5.41) is 44.2. The molecule has 7 aliphatic rings. The number of sulfone groups is 1. The summed E-state index contributed by atoms with van der Waals surface area (Å²) in [7, 11) is -2.90. The first kappa shape index (κ1) is 45.9. The van der Waals surface area contributed by atoms with Gasteiger partial charge < -0.3 is 40.1 Å². The van der Waals surface area contributed by atoms with E-state index in [1.807, 2.05) is 12.1 Å². The normalized spacial score (nSPS) is 43.5. The SMILES string of the molecule is C=C(C)C[C@@H]1CC[C@]2(NCCN3CCS(=O)(=O)CC3)CC[C@]3(C)[C@H](CCC4[C@@]5(C)CC=C(c6ccc(C(=O)OC7O[C@H](C(=O)O)[C@@H](O)[C@H](O)[C@H]7O)cc6)C(C)(C)C5CC[C@]43C)C12. The Bertz CT molecular complexity index is 2040. The maximum Gasteiger partial charge on any atom is 0.340 e. The van der Waals surface area contributed by atoms with E-state index in [1.165, 1.54) is 56.1 Å². The van der Waals surface area contributed by atoms with Gasteiger partial charge in [0.2, 0.25) is 6.29 Å². The molecular weight excluding hydrogens is 809 g/mol. The van der Waals surface area contributed by atoms with Gasteiger partial charge in [0.1, 0.15) is 18.3 Å². The quantitative estimate of drug-likeness (QED) is 0.140. The second kappa shape index (κ2) is 16.3. The smallest absolute Gasteiger partial charge is 0.340 e. The van der Waals surface area contributed by atoms with Crippen LogP contribution in [0.5, 0.6) is 0 Å². The molecule has 0 radical (unpaired) electrons. The fourth-order valence-corrected chi connectivity index (χ4v) is 16.6. The van der Waals surface area contributed by atoms with Crippen molar-refractivity contribution in [2.24, 2.45) is 51.2 Å². The number of carboxylic acids is 1. The number of aliphatic hydroxyl groups is 3. The molecule has 13 heteroatoms. The van der Waals surface area contributed by atoms with E-state index in [2.05, 4.69) is 64.4 Å². The van der Waals surface area contributed by atoms with Crippen LogP contribution in [0.15, 0.2) is 42.5 Å². The number of nitrogens with one attached hydrogen (secondary N) is 1. The first-order valence-corrected chi connectivity index (χ1v) is 25.2. The lowest BCUT2D eigenvalue weighted by atomic mass is 9.33. The van der Waals surface area contributed by atoms with Crippen LogP contribution in [0.2, 0.25) is 0 Å². The summed E-state index contributed by atoms with van der Waals surface area (Å²) in [5.41, 5.74) is 4.27. The van der Waals surface area contributed by atoms with E-state index in [-0.39, 0.29) is 44.3 Å². The van der Waals surface area contributed by atoms with Crippen molar-refractivity contribution in [2.45, 2.75) is 142 Å². The number of ether oxygens (including phenoxy) is 2. The topological polar surface area (TPSA) is 183 Å². The monoisotopic (exact) mass is 880 g/mol. The highest BCUT2D eigenvalue weighted by Gasteiger charge is 2.70. The fraction of sp³-hybridized carbons (Fsp3) is 0.755. The Kier molecular flexibility index (Phi) is 12.1. The van der Waals surface area contributed by atoms with Gasteiger partial charge in [-0.05, 0) is 146 Å². The van der Waals surface area contributed by atoms with Crippen molar-refractivity contribution < 1.29 is 47.9 Å². The van der Waals surface area contributed by atoms with Crippen LogP contribution in [-0.4, -0.2) is 120 Å². The first-order valence-electron chi connectivity index (χ1n) is 23.3. The number of aliphatic carboxylic acids is 1. The standard InChI is InChI=1S/C49H72N2O10S/c1-29(2)28-32-14-19-49(50-22-23-51-24-26-62(58,59)27-25-51)21-20-47(6)34(37(32)49)12-13-36-46(5)17-15-33(45(3,4)35(46)16-18-48(36,47)7)30-8-10-31(11-9-30)43(57)61-44-40(54)38(52)39(53)41(60-44)42(55)56/h8-11,15,32,34-41,44,50,52-54H,1,12-14,16-28H2,2-7H3,(H,55,56)/t32-,34+,35?,36?,37?,38-,39-,40+,41-,44?,46-,47+,48+,49-/m0/s1. The molecule has 6 fully saturated rings. The molecule has 8 rings (SSSR count). The Hall–Kier alpha value is -2.65. The van der Waals surface area contributed by atoms with Gasteiger partial charge in [0.05, 0.1) is 17.1 Å². The molecule has 0 spiro atoms. The lowest BCUT2D eigenvalue weighted by Gasteiger charge is -2.72. The van der Waals surface area contributed by atoms with Crippen molar-refractivity contribution in [1.29, 1.82) is 0 Å².